The Kier molecular flexibility index (Phi) is 5.22. The van der Waals surface area contributed by atoms with Crippen LogP contribution in [0.4, 0.5) is 0 Å². The summed E-state index contributed by atoms with van der Waals surface area (Å²) in [5, 5.41) is 7.90. The van der Waals surface area contributed by atoms with Crippen molar-refractivity contribution in [1.82, 2.24) is 15.1 Å². The number of nitrogens with one attached hydrogen (secondary N) is 1. The Morgan fingerprint density at radius 3 is 2.65 bits per heavy atom. The van der Waals surface area contributed by atoms with Crippen molar-refractivity contribution in [2.75, 3.05) is 19.8 Å². The Morgan fingerprint density at radius 1 is 1.00 bits per heavy atom. The van der Waals surface area contributed by atoms with Crippen LogP contribution in [-0.2, 0) is 13.0 Å². The fraction of sp³-hybridized carbons (Fsp3) is 0.250. The summed E-state index contributed by atoms with van der Waals surface area (Å²) in [5.74, 6) is 1.69. The highest BCUT2D eigenvalue weighted by molar-refractivity contribution is 9.10. The maximum atomic E-state index is 5.63. The molecule has 0 atom stereocenters. The maximum absolute atomic E-state index is 5.63. The summed E-state index contributed by atoms with van der Waals surface area (Å²) in [6, 6.07) is 14.3. The van der Waals surface area contributed by atoms with E-state index in [4.69, 9.17) is 9.47 Å². The molecule has 3 aromatic rings. The number of nitrogens with zero attached hydrogens (tertiary/aromatic N) is 2. The molecule has 0 amide bonds. The van der Waals surface area contributed by atoms with E-state index in [1.165, 1.54) is 5.56 Å². The van der Waals surface area contributed by atoms with Gasteiger partial charge in [0, 0.05) is 22.8 Å². The molecule has 4 rings (SSSR count). The Morgan fingerprint density at radius 2 is 1.81 bits per heavy atom. The van der Waals surface area contributed by atoms with Crippen LogP contribution in [0.5, 0.6) is 11.5 Å². The first-order valence-corrected chi connectivity index (χ1v) is 9.46. The van der Waals surface area contributed by atoms with Crippen molar-refractivity contribution in [3.05, 3.63) is 70.5 Å². The van der Waals surface area contributed by atoms with Gasteiger partial charge < -0.3 is 14.8 Å². The molecule has 6 heteroatoms. The Bertz CT molecular complexity index is 877. The van der Waals surface area contributed by atoms with Gasteiger partial charge in [0.2, 0.25) is 0 Å². The van der Waals surface area contributed by atoms with Crippen LogP contribution in [-0.4, -0.2) is 29.5 Å². The first kappa shape index (κ1) is 17.1. The molecule has 1 N–H and O–H groups in total. The number of benzene rings is 2. The minimum absolute atomic E-state index is 0.622. The Labute approximate surface area is 161 Å². The van der Waals surface area contributed by atoms with E-state index in [0.717, 1.165) is 46.7 Å². The lowest BCUT2D eigenvalue weighted by Crippen LogP contribution is -2.17. The summed E-state index contributed by atoms with van der Waals surface area (Å²) in [6.07, 6.45) is 4.90. The minimum Gasteiger partial charge on any atom is -0.486 e. The molecule has 0 bridgehead atoms. The average molecular weight is 414 g/mol. The Hall–Kier alpha value is -2.31. The van der Waals surface area contributed by atoms with Crippen LogP contribution < -0.4 is 14.8 Å². The number of rotatable bonds is 6. The van der Waals surface area contributed by atoms with E-state index in [2.05, 4.69) is 44.7 Å². The lowest BCUT2D eigenvalue weighted by atomic mass is 10.1. The van der Waals surface area contributed by atoms with Gasteiger partial charge in [-0.05, 0) is 54.9 Å². The van der Waals surface area contributed by atoms with Crippen molar-refractivity contribution in [2.45, 2.75) is 13.0 Å². The molecule has 0 radical (unpaired) electrons. The summed E-state index contributed by atoms with van der Waals surface area (Å²) in [5.41, 5.74) is 3.46. The number of aromatic nitrogens is 2. The minimum atomic E-state index is 0.622. The molecule has 134 valence electrons. The lowest BCUT2D eigenvalue weighted by Gasteiger charge is -2.18. The molecule has 1 aromatic heterocycles. The highest BCUT2D eigenvalue weighted by Crippen LogP contribution is 2.30. The lowest BCUT2D eigenvalue weighted by molar-refractivity contribution is 0.171. The quantitative estimate of drug-likeness (QED) is 0.625. The first-order chi connectivity index (χ1) is 12.8. The van der Waals surface area contributed by atoms with Gasteiger partial charge in [-0.1, -0.05) is 22.0 Å². The van der Waals surface area contributed by atoms with E-state index in [-0.39, 0.29) is 0 Å². The first-order valence-electron chi connectivity index (χ1n) is 8.67. The third-order valence-electron chi connectivity index (χ3n) is 4.25. The van der Waals surface area contributed by atoms with Crippen LogP contribution in [0.3, 0.4) is 0 Å². The molecule has 0 unspecified atom stereocenters. The maximum Gasteiger partial charge on any atom is 0.161 e. The zero-order chi connectivity index (χ0) is 17.8. The molecule has 0 fully saturated rings. The highest BCUT2D eigenvalue weighted by Gasteiger charge is 2.11. The number of halogens is 1. The van der Waals surface area contributed by atoms with Crippen molar-refractivity contribution in [3.63, 3.8) is 0 Å². The van der Waals surface area contributed by atoms with Crippen molar-refractivity contribution in [2.24, 2.45) is 0 Å². The molecule has 0 saturated heterocycles. The fourth-order valence-corrected chi connectivity index (χ4v) is 3.16. The van der Waals surface area contributed by atoms with Crippen molar-refractivity contribution in [3.8, 4) is 17.2 Å². The smallest absolute Gasteiger partial charge is 0.161 e. The third-order valence-corrected chi connectivity index (χ3v) is 4.78. The van der Waals surface area contributed by atoms with Gasteiger partial charge in [0.15, 0.2) is 11.5 Å². The van der Waals surface area contributed by atoms with Crippen LogP contribution in [0.1, 0.15) is 11.1 Å². The van der Waals surface area contributed by atoms with E-state index >= 15 is 0 Å². The molecule has 0 aliphatic carbocycles. The second-order valence-corrected chi connectivity index (χ2v) is 7.09. The number of fused-ring (bicyclic) bond motifs is 1. The molecule has 1 aliphatic heterocycles. The fourth-order valence-electron chi connectivity index (χ4n) is 2.90. The predicted molar refractivity (Wildman–Crippen MR) is 104 cm³/mol. The molecule has 2 heterocycles. The van der Waals surface area contributed by atoms with Crippen molar-refractivity contribution >= 4 is 15.9 Å². The van der Waals surface area contributed by atoms with Crippen LogP contribution in [0.15, 0.2) is 59.3 Å². The molecule has 5 nitrogen and oxygen atoms in total. The number of hydrogen-bond donors (Lipinski definition) is 1. The zero-order valence-electron chi connectivity index (χ0n) is 14.3. The molecular weight excluding hydrogens is 394 g/mol. The predicted octanol–water partition coefficient (Wildman–Crippen LogP) is 3.74. The largest absolute Gasteiger partial charge is 0.486 e. The SMILES string of the molecule is Brc1ccc(-n2cc(CNCCc3ccc4c(c3)OCCO4)cn2)cc1. The average Bonchev–Trinajstić information content (AvgIpc) is 3.15. The van der Waals surface area contributed by atoms with Gasteiger partial charge in [-0.2, -0.15) is 5.10 Å². The summed E-state index contributed by atoms with van der Waals surface area (Å²) >= 11 is 3.45. The van der Waals surface area contributed by atoms with Gasteiger partial charge in [0.25, 0.3) is 0 Å². The van der Waals surface area contributed by atoms with Crippen molar-refractivity contribution in [1.29, 1.82) is 0 Å². The van der Waals surface area contributed by atoms with Crippen LogP contribution >= 0.6 is 15.9 Å². The van der Waals surface area contributed by atoms with Crippen LogP contribution in [0, 0.1) is 0 Å². The summed E-state index contributed by atoms with van der Waals surface area (Å²) in [7, 11) is 0. The van der Waals surface area contributed by atoms with Gasteiger partial charge in [-0.15, -0.1) is 0 Å². The van der Waals surface area contributed by atoms with Gasteiger partial charge in [0.05, 0.1) is 11.9 Å². The van der Waals surface area contributed by atoms with E-state index in [9.17, 15) is 0 Å². The van der Waals surface area contributed by atoms with E-state index in [1.54, 1.807) is 0 Å². The van der Waals surface area contributed by atoms with Gasteiger partial charge >= 0.3 is 0 Å². The normalized spacial score (nSPS) is 13.0. The second kappa shape index (κ2) is 7.93. The summed E-state index contributed by atoms with van der Waals surface area (Å²) in [4.78, 5) is 0. The molecule has 0 spiro atoms. The molecule has 1 aliphatic rings. The van der Waals surface area contributed by atoms with Gasteiger partial charge in [-0.3, -0.25) is 0 Å². The highest BCUT2D eigenvalue weighted by atomic mass is 79.9. The van der Waals surface area contributed by atoms with Crippen LogP contribution in [0.2, 0.25) is 0 Å². The third kappa shape index (κ3) is 4.08. The van der Waals surface area contributed by atoms with Crippen LogP contribution in [0.25, 0.3) is 5.69 Å². The van der Waals surface area contributed by atoms with Crippen molar-refractivity contribution < 1.29 is 9.47 Å². The molecular formula is C20H20BrN3O2. The topological polar surface area (TPSA) is 48.3 Å². The summed E-state index contributed by atoms with van der Waals surface area (Å²) in [6.45, 7) is 2.93. The van der Waals surface area contributed by atoms with Gasteiger partial charge in [-0.25, -0.2) is 4.68 Å². The van der Waals surface area contributed by atoms with E-state index < -0.39 is 0 Å². The molecule has 2 aromatic carbocycles. The number of ether oxygens (including phenoxy) is 2. The Balaban J connectivity index is 1.28. The van der Waals surface area contributed by atoms with E-state index in [0.29, 0.717) is 13.2 Å². The molecule has 0 saturated carbocycles. The molecule has 26 heavy (non-hydrogen) atoms. The second-order valence-electron chi connectivity index (χ2n) is 6.17. The zero-order valence-corrected chi connectivity index (χ0v) is 15.9. The standard InChI is InChI=1S/C20H20BrN3O2/c21-17-2-4-18(5-3-17)24-14-16(13-23-24)12-22-8-7-15-1-6-19-20(11-15)26-10-9-25-19/h1-6,11,13-14,22H,7-10,12H2. The monoisotopic (exact) mass is 413 g/mol. The summed E-state index contributed by atoms with van der Waals surface area (Å²) < 4.78 is 14.1. The van der Waals surface area contributed by atoms with Gasteiger partial charge in [0.1, 0.15) is 13.2 Å². The van der Waals surface area contributed by atoms with E-state index in [1.807, 2.05) is 41.2 Å². The number of hydrogen-bond acceptors (Lipinski definition) is 4.